The molecule has 1 aromatic heterocycles. The predicted molar refractivity (Wildman–Crippen MR) is 155 cm³/mol. The van der Waals surface area contributed by atoms with Crippen molar-refractivity contribution < 1.29 is 38.4 Å². The van der Waals surface area contributed by atoms with Crippen LogP contribution in [0.4, 0.5) is 22.7 Å². The molecule has 0 N–H and O–H groups in total. The summed E-state index contributed by atoms with van der Waals surface area (Å²) in [5.41, 5.74) is 3.79. The molecule has 2 heterocycles. The monoisotopic (exact) mass is 678 g/mol. The number of nitro benzene ring substituents is 2. The number of hydrogen-bond donors (Lipinski definition) is 0. The fourth-order valence-corrected chi connectivity index (χ4v) is 6.57. The number of aromatic nitrogens is 1. The quantitative estimate of drug-likeness (QED) is 0.111. The molecule has 0 aliphatic carbocycles. The molecule has 0 saturated carbocycles. The number of fused-ring (bicyclic) bond motifs is 2. The maximum absolute atomic E-state index is 11.1. The molecule has 0 atom stereocenters. The van der Waals surface area contributed by atoms with Crippen LogP contribution in [0.25, 0.3) is 22.0 Å². The lowest BCUT2D eigenvalue weighted by Crippen LogP contribution is -3.00. The zero-order valence-corrected chi connectivity index (χ0v) is 24.4. The van der Waals surface area contributed by atoms with Crippen LogP contribution in [0.15, 0.2) is 119 Å². The van der Waals surface area contributed by atoms with Crippen molar-refractivity contribution in [3.05, 3.63) is 139 Å². The van der Waals surface area contributed by atoms with E-state index in [2.05, 4.69) is 21.6 Å². The van der Waals surface area contributed by atoms with Crippen molar-refractivity contribution in [2.24, 2.45) is 0 Å². The van der Waals surface area contributed by atoms with Gasteiger partial charge in [-0.1, -0.05) is 53.4 Å². The van der Waals surface area contributed by atoms with Crippen LogP contribution < -0.4 is 33.4 Å². The minimum Gasteiger partial charge on any atom is -1.00 e. The molecular formula is C29H19IN4O4S2. The van der Waals surface area contributed by atoms with Gasteiger partial charge in [0.15, 0.2) is 0 Å². The van der Waals surface area contributed by atoms with E-state index in [1.807, 2.05) is 54.6 Å². The fourth-order valence-electron chi connectivity index (χ4n) is 4.42. The predicted octanol–water partition coefficient (Wildman–Crippen LogP) is 4.80. The zero-order valence-electron chi connectivity index (χ0n) is 20.6. The van der Waals surface area contributed by atoms with E-state index in [0.29, 0.717) is 0 Å². The Bertz CT molecular complexity index is 1800. The number of halogens is 1. The molecule has 8 nitrogen and oxygen atoms in total. The van der Waals surface area contributed by atoms with Crippen molar-refractivity contribution in [1.29, 1.82) is 0 Å². The van der Waals surface area contributed by atoms with Crippen molar-refractivity contribution in [1.82, 2.24) is 0 Å². The molecule has 0 radical (unpaired) electrons. The van der Waals surface area contributed by atoms with Crippen LogP contribution in [0.2, 0.25) is 0 Å². The number of para-hydroxylation sites is 2. The number of thioether (sulfide) groups is 1. The molecule has 0 unspecified atom stereocenters. The summed E-state index contributed by atoms with van der Waals surface area (Å²) in [7, 11) is 0. The van der Waals surface area contributed by atoms with E-state index in [-0.39, 0.29) is 35.4 Å². The van der Waals surface area contributed by atoms with Crippen molar-refractivity contribution in [3.8, 4) is 5.69 Å². The Morgan fingerprint density at radius 3 is 2.10 bits per heavy atom. The first-order valence-electron chi connectivity index (χ1n) is 11.9. The SMILES string of the molecule is O=[N+]([O-])c1ccc(N2C(=CC=Cc3sc4ccccc4[n+]3-c3ccc([N+](=O)[O-])cc3)Sc3ccccc32)cc1.[I-]. The highest BCUT2D eigenvalue weighted by Gasteiger charge is 2.26. The molecule has 1 aliphatic rings. The van der Waals surface area contributed by atoms with Gasteiger partial charge in [-0.25, -0.2) is 0 Å². The maximum Gasteiger partial charge on any atom is 0.269 e. The molecule has 198 valence electrons. The number of benzene rings is 4. The van der Waals surface area contributed by atoms with Gasteiger partial charge >= 0.3 is 0 Å². The van der Waals surface area contributed by atoms with Crippen molar-refractivity contribution in [2.45, 2.75) is 4.90 Å². The number of allylic oxidation sites excluding steroid dienone is 2. The molecule has 11 heteroatoms. The van der Waals surface area contributed by atoms with Crippen LogP contribution in [-0.2, 0) is 0 Å². The zero-order chi connectivity index (χ0) is 26.9. The van der Waals surface area contributed by atoms with Gasteiger partial charge in [-0.2, -0.15) is 0 Å². The number of nitrogens with zero attached hydrogens (tertiary/aromatic N) is 4. The molecule has 0 bridgehead atoms. The van der Waals surface area contributed by atoms with Crippen LogP contribution in [0.5, 0.6) is 0 Å². The Kier molecular flexibility index (Phi) is 7.96. The summed E-state index contributed by atoms with van der Waals surface area (Å²) in [4.78, 5) is 24.7. The summed E-state index contributed by atoms with van der Waals surface area (Å²) < 4.78 is 3.18. The van der Waals surface area contributed by atoms with Crippen molar-refractivity contribution in [3.63, 3.8) is 0 Å². The first-order valence-corrected chi connectivity index (χ1v) is 13.5. The Morgan fingerprint density at radius 2 is 1.40 bits per heavy atom. The largest absolute Gasteiger partial charge is 1.00 e. The third-order valence-electron chi connectivity index (χ3n) is 6.20. The van der Waals surface area contributed by atoms with E-state index in [4.69, 9.17) is 0 Å². The molecular weight excluding hydrogens is 659 g/mol. The van der Waals surface area contributed by atoms with Gasteiger partial charge in [0.2, 0.25) is 11.2 Å². The Morgan fingerprint density at radius 1 is 0.775 bits per heavy atom. The standard InChI is InChI=1S/C29H19N4O4S2.HI/c34-32(35)22-16-12-20(13-17-22)30-24-6-1-3-8-26(24)38-28(30)10-5-11-29-31(25-7-2-4-9-27(25)39-29)21-14-18-23(19-15-21)33(36)37;/h1-19H;1H/q+1;/p-1. The molecule has 0 saturated heterocycles. The van der Waals surface area contributed by atoms with Gasteiger partial charge in [0.1, 0.15) is 4.70 Å². The second-order valence-electron chi connectivity index (χ2n) is 8.56. The average molecular weight is 679 g/mol. The highest BCUT2D eigenvalue weighted by atomic mass is 127. The van der Waals surface area contributed by atoms with Gasteiger partial charge in [0.05, 0.1) is 20.6 Å². The fraction of sp³-hybridized carbons (Fsp3) is 0. The third kappa shape index (κ3) is 5.22. The van der Waals surface area contributed by atoms with Crippen LogP contribution >= 0.6 is 23.1 Å². The number of thiazole rings is 1. The topological polar surface area (TPSA) is 93.4 Å². The lowest BCUT2D eigenvalue weighted by Gasteiger charge is -2.20. The maximum atomic E-state index is 11.1. The first-order chi connectivity index (χ1) is 19.0. The molecule has 4 aromatic carbocycles. The highest BCUT2D eigenvalue weighted by Crippen LogP contribution is 2.49. The molecule has 40 heavy (non-hydrogen) atoms. The van der Waals surface area contributed by atoms with Gasteiger partial charge in [-0.15, -0.1) is 4.57 Å². The Balaban J connectivity index is 0.00000323. The summed E-state index contributed by atoms with van der Waals surface area (Å²) >= 11 is 3.26. The van der Waals surface area contributed by atoms with E-state index in [0.717, 1.165) is 42.2 Å². The average Bonchev–Trinajstić information content (AvgIpc) is 3.51. The normalized spacial score (nSPS) is 13.5. The summed E-state index contributed by atoms with van der Waals surface area (Å²) in [5.74, 6) is 0. The van der Waals surface area contributed by atoms with Crippen LogP contribution in [0, 0.1) is 20.2 Å². The number of hydrogen-bond acceptors (Lipinski definition) is 7. The molecule has 5 aromatic rings. The molecule has 0 fully saturated rings. The Labute approximate surface area is 254 Å². The summed E-state index contributed by atoms with van der Waals surface area (Å²) in [5, 5.41) is 24.2. The first kappa shape index (κ1) is 27.5. The van der Waals surface area contributed by atoms with Gasteiger partial charge in [0, 0.05) is 59.1 Å². The van der Waals surface area contributed by atoms with E-state index in [1.165, 1.54) is 24.3 Å². The highest BCUT2D eigenvalue weighted by molar-refractivity contribution is 8.03. The third-order valence-corrected chi connectivity index (χ3v) is 8.38. The molecule has 6 rings (SSSR count). The number of rotatable bonds is 6. The molecule has 1 aliphatic heterocycles. The van der Waals surface area contributed by atoms with Crippen LogP contribution in [-0.4, -0.2) is 9.85 Å². The van der Waals surface area contributed by atoms with E-state index in [1.54, 1.807) is 47.4 Å². The number of nitro groups is 2. The Hall–Kier alpha value is -4.07. The van der Waals surface area contributed by atoms with Crippen LogP contribution in [0.1, 0.15) is 5.01 Å². The van der Waals surface area contributed by atoms with Gasteiger partial charge in [-0.05, 0) is 36.4 Å². The van der Waals surface area contributed by atoms with E-state index < -0.39 is 9.85 Å². The lowest BCUT2D eigenvalue weighted by atomic mass is 10.2. The molecule has 0 amide bonds. The van der Waals surface area contributed by atoms with E-state index in [9.17, 15) is 20.2 Å². The minimum absolute atomic E-state index is 0. The smallest absolute Gasteiger partial charge is 0.269 e. The van der Waals surface area contributed by atoms with Crippen molar-refractivity contribution >= 4 is 62.1 Å². The summed E-state index contributed by atoms with van der Waals surface area (Å²) in [6.07, 6.45) is 6.03. The second-order valence-corrected chi connectivity index (χ2v) is 10.7. The summed E-state index contributed by atoms with van der Waals surface area (Å²) in [6.45, 7) is 0. The van der Waals surface area contributed by atoms with Crippen molar-refractivity contribution in [2.75, 3.05) is 4.90 Å². The van der Waals surface area contributed by atoms with Gasteiger partial charge in [0.25, 0.3) is 16.4 Å². The lowest BCUT2D eigenvalue weighted by molar-refractivity contribution is -0.564. The minimum atomic E-state index is -0.402. The number of non-ortho nitro benzene ring substituents is 2. The van der Waals surface area contributed by atoms with Gasteiger partial charge in [-0.3, -0.25) is 20.2 Å². The van der Waals surface area contributed by atoms with Crippen LogP contribution in [0.3, 0.4) is 0 Å². The molecule has 0 spiro atoms. The van der Waals surface area contributed by atoms with Gasteiger partial charge < -0.3 is 28.9 Å². The van der Waals surface area contributed by atoms with E-state index >= 15 is 0 Å². The second kappa shape index (κ2) is 11.6. The summed E-state index contributed by atoms with van der Waals surface area (Å²) in [6, 6.07) is 29.2. The number of anilines is 2.